The summed E-state index contributed by atoms with van der Waals surface area (Å²) in [7, 11) is 0. The van der Waals surface area contributed by atoms with Crippen molar-refractivity contribution in [3.05, 3.63) is 63.6 Å². The van der Waals surface area contributed by atoms with E-state index < -0.39 is 0 Å². The van der Waals surface area contributed by atoms with Gasteiger partial charge in [-0.15, -0.1) is 0 Å². The maximum atomic E-state index is 3.64. The molecule has 1 nitrogen and oxygen atoms in total. The van der Waals surface area contributed by atoms with E-state index in [2.05, 4.69) is 63.7 Å². The van der Waals surface area contributed by atoms with Crippen LogP contribution in [0, 0.1) is 0 Å². The quantitative estimate of drug-likeness (QED) is 0.766. The van der Waals surface area contributed by atoms with Crippen LogP contribution >= 0.6 is 15.9 Å². The molecule has 0 aromatic heterocycles. The van der Waals surface area contributed by atoms with Crippen molar-refractivity contribution in [3.63, 3.8) is 0 Å². The summed E-state index contributed by atoms with van der Waals surface area (Å²) >= 11 is 3.64. The van der Waals surface area contributed by atoms with Crippen LogP contribution < -0.4 is 5.32 Å². The van der Waals surface area contributed by atoms with Gasteiger partial charge in [-0.3, -0.25) is 0 Å². The number of para-hydroxylation sites is 1. The summed E-state index contributed by atoms with van der Waals surface area (Å²) in [5, 5.41) is 3.49. The minimum atomic E-state index is 0.909. The Morgan fingerprint density at radius 3 is 2.69 bits per heavy atom. The van der Waals surface area contributed by atoms with Crippen LogP contribution in [0.5, 0.6) is 0 Å². The summed E-state index contributed by atoms with van der Waals surface area (Å²) in [6.07, 6.45) is 1.000. The molecule has 1 N–H and O–H groups in total. The van der Waals surface area contributed by atoms with Crippen LogP contribution in [0.2, 0.25) is 0 Å². The SMILES string of the molecule is Brc1cccc2c1Cc1ccccc1NC2. The van der Waals surface area contributed by atoms with E-state index in [1.54, 1.807) is 0 Å². The molecule has 80 valence electrons. The maximum absolute atomic E-state index is 3.64. The third-order valence-corrected chi connectivity index (χ3v) is 3.81. The van der Waals surface area contributed by atoms with Crippen LogP contribution in [0.15, 0.2) is 46.9 Å². The van der Waals surface area contributed by atoms with Gasteiger partial charge in [-0.2, -0.15) is 0 Å². The minimum Gasteiger partial charge on any atom is -0.381 e. The molecule has 16 heavy (non-hydrogen) atoms. The molecule has 3 rings (SSSR count). The van der Waals surface area contributed by atoms with Crippen molar-refractivity contribution in [3.8, 4) is 0 Å². The van der Waals surface area contributed by atoms with Crippen LogP contribution in [0.25, 0.3) is 0 Å². The highest BCUT2D eigenvalue weighted by Gasteiger charge is 2.13. The Morgan fingerprint density at radius 1 is 0.938 bits per heavy atom. The van der Waals surface area contributed by atoms with Crippen molar-refractivity contribution in [2.45, 2.75) is 13.0 Å². The van der Waals surface area contributed by atoms with E-state index >= 15 is 0 Å². The van der Waals surface area contributed by atoms with Crippen LogP contribution in [-0.2, 0) is 13.0 Å². The molecule has 0 amide bonds. The maximum Gasteiger partial charge on any atom is 0.0404 e. The van der Waals surface area contributed by atoms with Gasteiger partial charge in [-0.25, -0.2) is 0 Å². The van der Waals surface area contributed by atoms with Crippen molar-refractivity contribution in [2.24, 2.45) is 0 Å². The van der Waals surface area contributed by atoms with Gasteiger partial charge in [0.15, 0.2) is 0 Å². The number of nitrogens with one attached hydrogen (secondary N) is 1. The molecular weight excluding hydrogens is 262 g/mol. The van der Waals surface area contributed by atoms with Gasteiger partial charge in [-0.05, 0) is 28.8 Å². The number of rotatable bonds is 0. The predicted octanol–water partition coefficient (Wildman–Crippen LogP) is 3.97. The standard InChI is InChI=1S/C14H12BrN/c15-13-6-3-5-11-9-16-14-7-2-1-4-10(14)8-12(11)13/h1-7,16H,8-9H2. The fourth-order valence-corrected chi connectivity index (χ4v) is 2.74. The highest BCUT2D eigenvalue weighted by Crippen LogP contribution is 2.30. The average Bonchev–Trinajstić information content (AvgIpc) is 2.50. The average molecular weight is 274 g/mol. The smallest absolute Gasteiger partial charge is 0.0404 e. The second kappa shape index (κ2) is 3.95. The van der Waals surface area contributed by atoms with Crippen molar-refractivity contribution >= 4 is 21.6 Å². The van der Waals surface area contributed by atoms with E-state index in [1.807, 2.05) is 0 Å². The Balaban J connectivity index is 2.13. The Bertz CT molecular complexity index is 534. The lowest BCUT2D eigenvalue weighted by Gasteiger charge is -2.07. The van der Waals surface area contributed by atoms with E-state index in [9.17, 15) is 0 Å². The molecule has 0 saturated carbocycles. The molecule has 0 spiro atoms. The van der Waals surface area contributed by atoms with Gasteiger partial charge in [-0.1, -0.05) is 46.3 Å². The molecular formula is C14H12BrN. The molecule has 0 atom stereocenters. The van der Waals surface area contributed by atoms with Crippen LogP contribution in [0.4, 0.5) is 5.69 Å². The summed E-state index contributed by atoms with van der Waals surface area (Å²) in [5.74, 6) is 0. The topological polar surface area (TPSA) is 12.0 Å². The van der Waals surface area contributed by atoms with E-state index in [0.29, 0.717) is 0 Å². The van der Waals surface area contributed by atoms with Crippen molar-refractivity contribution in [1.29, 1.82) is 0 Å². The molecule has 2 heteroatoms. The zero-order valence-electron chi connectivity index (χ0n) is 8.83. The van der Waals surface area contributed by atoms with Gasteiger partial charge < -0.3 is 5.32 Å². The Morgan fingerprint density at radius 2 is 1.75 bits per heavy atom. The molecule has 0 saturated heterocycles. The van der Waals surface area contributed by atoms with E-state index in [4.69, 9.17) is 0 Å². The van der Waals surface area contributed by atoms with Gasteiger partial charge in [0, 0.05) is 23.1 Å². The molecule has 2 aromatic carbocycles. The van der Waals surface area contributed by atoms with Crippen molar-refractivity contribution in [1.82, 2.24) is 0 Å². The van der Waals surface area contributed by atoms with Gasteiger partial charge in [0.25, 0.3) is 0 Å². The first-order valence-electron chi connectivity index (χ1n) is 5.42. The summed E-state index contributed by atoms with van der Waals surface area (Å²) in [6.45, 7) is 0.909. The normalized spacial score (nSPS) is 13.3. The van der Waals surface area contributed by atoms with Gasteiger partial charge in [0.2, 0.25) is 0 Å². The molecule has 0 bridgehead atoms. The fraction of sp³-hybridized carbons (Fsp3) is 0.143. The lowest BCUT2D eigenvalue weighted by Crippen LogP contribution is -1.98. The molecule has 1 aliphatic rings. The zero-order valence-corrected chi connectivity index (χ0v) is 10.4. The van der Waals surface area contributed by atoms with Crippen molar-refractivity contribution < 1.29 is 0 Å². The molecule has 2 aromatic rings. The fourth-order valence-electron chi connectivity index (χ4n) is 2.19. The molecule has 1 heterocycles. The van der Waals surface area contributed by atoms with Gasteiger partial charge in [0.05, 0.1) is 0 Å². The second-order valence-electron chi connectivity index (χ2n) is 4.06. The predicted molar refractivity (Wildman–Crippen MR) is 70.7 cm³/mol. The summed E-state index contributed by atoms with van der Waals surface area (Å²) in [4.78, 5) is 0. The summed E-state index contributed by atoms with van der Waals surface area (Å²) in [6, 6.07) is 14.9. The Hall–Kier alpha value is -1.28. The minimum absolute atomic E-state index is 0.909. The Labute approximate surface area is 104 Å². The summed E-state index contributed by atoms with van der Waals surface area (Å²) < 4.78 is 1.21. The van der Waals surface area contributed by atoms with Crippen LogP contribution in [-0.4, -0.2) is 0 Å². The third-order valence-electron chi connectivity index (χ3n) is 3.07. The van der Waals surface area contributed by atoms with Crippen LogP contribution in [0.1, 0.15) is 16.7 Å². The van der Waals surface area contributed by atoms with Gasteiger partial charge >= 0.3 is 0 Å². The highest BCUT2D eigenvalue weighted by atomic mass is 79.9. The number of benzene rings is 2. The van der Waals surface area contributed by atoms with E-state index in [-0.39, 0.29) is 0 Å². The molecule has 0 radical (unpaired) electrons. The largest absolute Gasteiger partial charge is 0.381 e. The number of halogens is 1. The third kappa shape index (κ3) is 1.63. The molecule has 0 unspecified atom stereocenters. The lowest BCUT2D eigenvalue weighted by atomic mass is 10.0. The first kappa shape index (κ1) is 9.91. The Kier molecular flexibility index (Phi) is 2.44. The highest BCUT2D eigenvalue weighted by molar-refractivity contribution is 9.10. The molecule has 0 aliphatic carbocycles. The van der Waals surface area contributed by atoms with Crippen molar-refractivity contribution in [2.75, 3.05) is 5.32 Å². The number of fused-ring (bicyclic) bond motifs is 2. The number of anilines is 1. The molecule has 0 fully saturated rings. The lowest BCUT2D eigenvalue weighted by molar-refractivity contribution is 1.11. The first-order chi connectivity index (χ1) is 7.84. The van der Waals surface area contributed by atoms with Gasteiger partial charge in [0.1, 0.15) is 0 Å². The monoisotopic (exact) mass is 273 g/mol. The number of hydrogen-bond acceptors (Lipinski definition) is 1. The number of hydrogen-bond donors (Lipinski definition) is 1. The van der Waals surface area contributed by atoms with E-state index in [1.165, 1.54) is 26.9 Å². The second-order valence-corrected chi connectivity index (χ2v) is 4.92. The summed E-state index contributed by atoms with van der Waals surface area (Å²) in [5.41, 5.74) is 5.41. The first-order valence-corrected chi connectivity index (χ1v) is 6.22. The zero-order chi connectivity index (χ0) is 11.0. The van der Waals surface area contributed by atoms with Crippen LogP contribution in [0.3, 0.4) is 0 Å². The van der Waals surface area contributed by atoms with E-state index in [0.717, 1.165) is 13.0 Å². The molecule has 1 aliphatic heterocycles.